The Labute approximate surface area is 191 Å². The summed E-state index contributed by atoms with van der Waals surface area (Å²) in [6.07, 6.45) is 4.44. The number of carbonyl (C=O) groups is 1. The molecule has 1 amide bonds. The van der Waals surface area contributed by atoms with E-state index in [4.69, 9.17) is 9.47 Å². The maximum absolute atomic E-state index is 13.3. The Morgan fingerprint density at radius 1 is 1.06 bits per heavy atom. The molecule has 2 bridgehead atoms. The highest BCUT2D eigenvalue weighted by atomic mass is 16.5. The standard InChI is InChI=1S/C26H35N3O3/c1-20-8-7-10-22(27-20)19-28-14-6-5-9-21-18-29(15-13-24(21)31-2)26(30)23-11-3-4-12-25(23)32-17-16-28/h3-4,7-8,10-12,21,24H,5-6,9,13-19H2,1-2H3/t21-,24+/m0/s1. The number of carbonyl (C=O) groups excluding carboxylic acids is 1. The molecule has 3 heterocycles. The third kappa shape index (κ3) is 5.67. The van der Waals surface area contributed by atoms with E-state index in [2.05, 4.69) is 22.0 Å². The van der Waals surface area contributed by atoms with E-state index in [-0.39, 0.29) is 12.0 Å². The second kappa shape index (κ2) is 10.9. The minimum Gasteiger partial charge on any atom is -0.491 e. The third-order valence-electron chi connectivity index (χ3n) is 6.67. The summed E-state index contributed by atoms with van der Waals surface area (Å²) in [5.41, 5.74) is 2.79. The molecule has 32 heavy (non-hydrogen) atoms. The van der Waals surface area contributed by atoms with Gasteiger partial charge in [0.1, 0.15) is 12.4 Å². The van der Waals surface area contributed by atoms with Crippen LogP contribution in [0.4, 0.5) is 0 Å². The lowest BCUT2D eigenvalue weighted by molar-refractivity contribution is -0.00702. The molecule has 172 valence electrons. The molecular weight excluding hydrogens is 402 g/mol. The zero-order chi connectivity index (χ0) is 22.3. The Balaban J connectivity index is 1.53. The number of ether oxygens (including phenoxy) is 2. The first-order chi connectivity index (χ1) is 15.6. The van der Waals surface area contributed by atoms with Crippen molar-refractivity contribution in [3.63, 3.8) is 0 Å². The van der Waals surface area contributed by atoms with E-state index in [1.807, 2.05) is 42.2 Å². The third-order valence-corrected chi connectivity index (χ3v) is 6.67. The topological polar surface area (TPSA) is 54.9 Å². The summed E-state index contributed by atoms with van der Waals surface area (Å²) in [6, 6.07) is 13.8. The van der Waals surface area contributed by atoms with Crippen molar-refractivity contribution in [2.45, 2.75) is 45.3 Å². The van der Waals surface area contributed by atoms with Crippen LogP contribution in [0.15, 0.2) is 42.5 Å². The quantitative estimate of drug-likeness (QED) is 0.728. The molecule has 1 saturated heterocycles. The lowest BCUT2D eigenvalue weighted by Gasteiger charge is -2.38. The molecule has 0 unspecified atom stereocenters. The molecule has 2 aromatic rings. The van der Waals surface area contributed by atoms with Crippen LogP contribution in [0.3, 0.4) is 0 Å². The molecular formula is C26H35N3O3. The largest absolute Gasteiger partial charge is 0.491 e. The van der Waals surface area contributed by atoms with E-state index in [1.54, 1.807) is 7.11 Å². The van der Waals surface area contributed by atoms with E-state index >= 15 is 0 Å². The lowest BCUT2D eigenvalue weighted by Crippen LogP contribution is -2.46. The van der Waals surface area contributed by atoms with E-state index in [0.717, 1.165) is 69.8 Å². The van der Waals surface area contributed by atoms with E-state index in [1.165, 1.54) is 0 Å². The van der Waals surface area contributed by atoms with Gasteiger partial charge < -0.3 is 14.4 Å². The maximum Gasteiger partial charge on any atom is 0.257 e. The number of para-hydroxylation sites is 1. The molecule has 0 radical (unpaired) electrons. The van der Waals surface area contributed by atoms with Crippen molar-refractivity contribution in [3.8, 4) is 5.75 Å². The molecule has 0 N–H and O–H groups in total. The fourth-order valence-electron chi connectivity index (χ4n) is 4.94. The molecule has 4 rings (SSSR count). The number of aryl methyl sites for hydroxylation is 1. The van der Waals surface area contributed by atoms with Crippen molar-refractivity contribution in [2.24, 2.45) is 5.92 Å². The van der Waals surface area contributed by atoms with Gasteiger partial charge >= 0.3 is 0 Å². The van der Waals surface area contributed by atoms with Crippen LogP contribution in [0.5, 0.6) is 5.75 Å². The summed E-state index contributed by atoms with van der Waals surface area (Å²) in [5, 5.41) is 0. The summed E-state index contributed by atoms with van der Waals surface area (Å²) < 4.78 is 11.9. The van der Waals surface area contributed by atoms with Gasteiger partial charge in [-0.2, -0.15) is 0 Å². The number of nitrogens with zero attached hydrogens (tertiary/aromatic N) is 3. The number of piperidine rings is 1. The zero-order valence-corrected chi connectivity index (χ0v) is 19.3. The van der Waals surface area contributed by atoms with Crippen LogP contribution in [0.1, 0.15) is 47.4 Å². The molecule has 2 aliphatic rings. The SMILES string of the molecule is CO[C@@H]1CCN2C[C@@H]1CCCCN(Cc1cccc(C)n1)CCOc1ccccc1C2=O. The van der Waals surface area contributed by atoms with Gasteiger partial charge in [0.2, 0.25) is 0 Å². The van der Waals surface area contributed by atoms with Gasteiger partial charge in [-0.05, 0) is 57.0 Å². The number of rotatable bonds is 3. The monoisotopic (exact) mass is 437 g/mol. The number of pyridine rings is 1. The summed E-state index contributed by atoms with van der Waals surface area (Å²) in [6.45, 7) is 6.68. The minimum absolute atomic E-state index is 0.0676. The number of fused-ring (bicyclic) bond motifs is 3. The number of methoxy groups -OCH3 is 1. The summed E-state index contributed by atoms with van der Waals surface area (Å²) in [5.74, 6) is 1.12. The maximum atomic E-state index is 13.3. The highest BCUT2D eigenvalue weighted by molar-refractivity contribution is 5.97. The van der Waals surface area contributed by atoms with Crippen molar-refractivity contribution in [1.29, 1.82) is 0 Å². The fourth-order valence-corrected chi connectivity index (χ4v) is 4.94. The van der Waals surface area contributed by atoms with Crippen molar-refractivity contribution in [3.05, 3.63) is 59.4 Å². The molecule has 6 nitrogen and oxygen atoms in total. The first kappa shape index (κ1) is 22.7. The van der Waals surface area contributed by atoms with Crippen molar-refractivity contribution < 1.29 is 14.3 Å². The second-order valence-electron chi connectivity index (χ2n) is 8.96. The Hall–Kier alpha value is -2.44. The Morgan fingerprint density at radius 3 is 2.78 bits per heavy atom. The van der Waals surface area contributed by atoms with Crippen molar-refractivity contribution >= 4 is 5.91 Å². The van der Waals surface area contributed by atoms with Gasteiger partial charge in [0.25, 0.3) is 5.91 Å². The van der Waals surface area contributed by atoms with E-state index in [0.29, 0.717) is 23.8 Å². The average Bonchev–Trinajstić information content (AvgIpc) is 2.81. The zero-order valence-electron chi connectivity index (χ0n) is 19.3. The predicted molar refractivity (Wildman–Crippen MR) is 125 cm³/mol. The fraction of sp³-hybridized carbons (Fsp3) is 0.538. The van der Waals surface area contributed by atoms with E-state index < -0.39 is 0 Å². The first-order valence-corrected chi connectivity index (χ1v) is 11.8. The Bertz CT molecular complexity index is 903. The Morgan fingerprint density at radius 2 is 1.94 bits per heavy atom. The van der Waals surface area contributed by atoms with Gasteiger partial charge in [0.05, 0.1) is 17.4 Å². The minimum atomic E-state index is 0.0676. The van der Waals surface area contributed by atoms with E-state index in [9.17, 15) is 4.79 Å². The molecule has 2 atom stereocenters. The summed E-state index contributed by atoms with van der Waals surface area (Å²) >= 11 is 0. The van der Waals surface area contributed by atoms with Gasteiger partial charge in [-0.3, -0.25) is 14.7 Å². The van der Waals surface area contributed by atoms with Crippen LogP contribution >= 0.6 is 0 Å². The van der Waals surface area contributed by atoms with Crippen LogP contribution < -0.4 is 4.74 Å². The van der Waals surface area contributed by atoms with Crippen LogP contribution in [0.25, 0.3) is 0 Å². The van der Waals surface area contributed by atoms with Crippen LogP contribution in [-0.4, -0.2) is 66.7 Å². The normalized spacial score (nSPS) is 23.2. The number of amides is 1. The number of aromatic nitrogens is 1. The molecule has 0 saturated carbocycles. The van der Waals surface area contributed by atoms with Gasteiger partial charge in [-0.1, -0.05) is 24.6 Å². The second-order valence-corrected chi connectivity index (χ2v) is 8.96. The molecule has 1 aromatic carbocycles. The molecule has 1 aromatic heterocycles. The molecule has 2 aliphatic heterocycles. The van der Waals surface area contributed by atoms with Gasteiger partial charge in [-0.15, -0.1) is 0 Å². The van der Waals surface area contributed by atoms with Gasteiger partial charge in [0, 0.05) is 44.9 Å². The number of benzene rings is 1. The van der Waals surface area contributed by atoms with Crippen molar-refractivity contribution in [1.82, 2.24) is 14.8 Å². The van der Waals surface area contributed by atoms with Crippen LogP contribution in [-0.2, 0) is 11.3 Å². The van der Waals surface area contributed by atoms with Crippen LogP contribution in [0.2, 0.25) is 0 Å². The average molecular weight is 438 g/mol. The lowest BCUT2D eigenvalue weighted by atomic mass is 9.89. The first-order valence-electron chi connectivity index (χ1n) is 11.8. The van der Waals surface area contributed by atoms with Gasteiger partial charge in [-0.25, -0.2) is 0 Å². The molecule has 1 fully saturated rings. The molecule has 0 spiro atoms. The molecule has 0 aliphatic carbocycles. The molecule has 6 heteroatoms. The summed E-state index contributed by atoms with van der Waals surface area (Å²) in [4.78, 5) is 22.4. The number of hydrogen-bond donors (Lipinski definition) is 0. The van der Waals surface area contributed by atoms with Crippen molar-refractivity contribution in [2.75, 3.05) is 39.9 Å². The summed E-state index contributed by atoms with van der Waals surface area (Å²) in [7, 11) is 1.80. The van der Waals surface area contributed by atoms with Crippen LogP contribution in [0, 0.1) is 12.8 Å². The highest BCUT2D eigenvalue weighted by Crippen LogP contribution is 2.28. The number of hydrogen-bond acceptors (Lipinski definition) is 5. The Kier molecular flexibility index (Phi) is 7.76. The highest BCUT2D eigenvalue weighted by Gasteiger charge is 2.32. The van der Waals surface area contributed by atoms with Gasteiger partial charge in [0.15, 0.2) is 0 Å². The smallest absolute Gasteiger partial charge is 0.257 e. The predicted octanol–water partition coefficient (Wildman–Crippen LogP) is 3.93.